The predicted octanol–water partition coefficient (Wildman–Crippen LogP) is 1.89. The molecular weight excluding hydrogens is 376 g/mol. The van der Waals surface area contributed by atoms with E-state index in [1.54, 1.807) is 0 Å². The van der Waals surface area contributed by atoms with Gasteiger partial charge in [-0.15, -0.1) is 0 Å². The minimum Gasteiger partial charge on any atom is -0.369 e. The van der Waals surface area contributed by atoms with Crippen LogP contribution >= 0.6 is 0 Å². The molecule has 2 aromatic rings. The van der Waals surface area contributed by atoms with E-state index < -0.39 is 27.4 Å². The highest BCUT2D eigenvalue weighted by Gasteiger charge is 2.15. The smallest absolute Gasteiger partial charge is 0.215 e. The quantitative estimate of drug-likeness (QED) is 0.662. The topological polar surface area (TPSA) is 87.2 Å². The van der Waals surface area contributed by atoms with Crippen molar-refractivity contribution in [2.45, 2.75) is 18.6 Å². The molecular formula is C17H21F2N5O2S. The third-order valence-electron chi connectivity index (χ3n) is 4.11. The Morgan fingerprint density at radius 2 is 1.70 bits per heavy atom. The van der Waals surface area contributed by atoms with Crippen molar-refractivity contribution in [2.75, 3.05) is 36.4 Å². The van der Waals surface area contributed by atoms with Gasteiger partial charge in [-0.2, -0.15) is 0 Å². The van der Waals surface area contributed by atoms with E-state index in [9.17, 15) is 17.2 Å². The van der Waals surface area contributed by atoms with Crippen molar-refractivity contribution in [1.29, 1.82) is 0 Å². The van der Waals surface area contributed by atoms with Crippen molar-refractivity contribution in [3.05, 3.63) is 47.8 Å². The molecule has 146 valence electrons. The van der Waals surface area contributed by atoms with Gasteiger partial charge in [-0.05, 0) is 30.5 Å². The van der Waals surface area contributed by atoms with Gasteiger partial charge in [0, 0.05) is 38.3 Å². The number of hydrogen-bond acceptors (Lipinski definition) is 6. The summed E-state index contributed by atoms with van der Waals surface area (Å²) >= 11 is 0. The van der Waals surface area contributed by atoms with E-state index in [1.165, 1.54) is 6.33 Å². The summed E-state index contributed by atoms with van der Waals surface area (Å²) in [6.45, 7) is 2.37. The van der Waals surface area contributed by atoms with Gasteiger partial charge in [-0.3, -0.25) is 0 Å². The first-order valence-corrected chi connectivity index (χ1v) is 10.3. The van der Waals surface area contributed by atoms with Crippen LogP contribution in [0, 0.1) is 11.6 Å². The lowest BCUT2D eigenvalue weighted by Gasteiger charge is -2.16. The fourth-order valence-electron chi connectivity index (χ4n) is 2.92. The lowest BCUT2D eigenvalue weighted by Crippen LogP contribution is -2.30. The summed E-state index contributed by atoms with van der Waals surface area (Å²) in [5, 5.41) is 3.04. The lowest BCUT2D eigenvalue weighted by atomic mass is 10.2. The molecule has 0 bridgehead atoms. The summed E-state index contributed by atoms with van der Waals surface area (Å²) in [7, 11) is -3.71. The van der Waals surface area contributed by atoms with Gasteiger partial charge in [-0.25, -0.2) is 31.9 Å². The van der Waals surface area contributed by atoms with Gasteiger partial charge in [-0.1, -0.05) is 0 Å². The van der Waals surface area contributed by atoms with Crippen LogP contribution in [0.25, 0.3) is 0 Å². The minimum absolute atomic E-state index is 0.0546. The summed E-state index contributed by atoms with van der Waals surface area (Å²) < 4.78 is 52.8. The van der Waals surface area contributed by atoms with Crippen LogP contribution in [-0.2, 0) is 15.8 Å². The van der Waals surface area contributed by atoms with Crippen molar-refractivity contribution in [3.8, 4) is 0 Å². The van der Waals surface area contributed by atoms with Gasteiger partial charge in [0.1, 0.15) is 29.6 Å². The van der Waals surface area contributed by atoms with Crippen LogP contribution in [0.1, 0.15) is 18.4 Å². The van der Waals surface area contributed by atoms with E-state index in [1.807, 2.05) is 6.07 Å². The number of nitrogens with one attached hydrogen (secondary N) is 2. The molecule has 1 aliphatic heterocycles. The molecule has 1 saturated heterocycles. The fourth-order valence-corrected chi connectivity index (χ4v) is 4.05. The Balaban J connectivity index is 1.48. The number of sulfonamides is 1. The summed E-state index contributed by atoms with van der Waals surface area (Å²) in [5.74, 6) is -0.648. The van der Waals surface area contributed by atoms with Crippen molar-refractivity contribution in [1.82, 2.24) is 14.7 Å². The summed E-state index contributed by atoms with van der Waals surface area (Å²) in [4.78, 5) is 10.5. The first kappa shape index (κ1) is 19.4. The Hall–Kier alpha value is -2.33. The van der Waals surface area contributed by atoms with Crippen LogP contribution < -0.4 is 14.9 Å². The highest BCUT2D eigenvalue weighted by molar-refractivity contribution is 7.88. The van der Waals surface area contributed by atoms with Gasteiger partial charge in [0.05, 0.1) is 5.75 Å². The van der Waals surface area contributed by atoms with Crippen molar-refractivity contribution >= 4 is 21.7 Å². The molecule has 0 radical (unpaired) electrons. The first-order chi connectivity index (χ1) is 12.9. The molecule has 2 N–H and O–H groups in total. The number of aromatic nitrogens is 2. The average molecular weight is 397 g/mol. The Labute approximate surface area is 156 Å². The van der Waals surface area contributed by atoms with Crippen LogP contribution in [0.4, 0.5) is 20.4 Å². The number of anilines is 2. The number of hydrogen-bond donors (Lipinski definition) is 2. The van der Waals surface area contributed by atoms with Gasteiger partial charge in [0.2, 0.25) is 10.0 Å². The maximum atomic E-state index is 13.2. The van der Waals surface area contributed by atoms with Crippen molar-refractivity contribution in [2.24, 2.45) is 0 Å². The molecule has 0 saturated carbocycles. The summed E-state index contributed by atoms with van der Waals surface area (Å²) in [6, 6.07) is 4.53. The third-order valence-corrected chi connectivity index (χ3v) is 5.47. The standard InChI is InChI=1S/C17H21F2N5O2S/c18-14-7-13(8-15(19)9-14)11-27(25,26)23-4-3-20-16-10-17(22-12-21-16)24-5-1-2-6-24/h7-10,12,23H,1-6,11H2,(H,20,21,22). The third kappa shape index (κ3) is 5.83. The number of halogens is 2. The maximum absolute atomic E-state index is 13.2. The van der Waals surface area contributed by atoms with E-state index in [0.29, 0.717) is 18.4 Å². The fraction of sp³-hybridized carbons (Fsp3) is 0.412. The Morgan fingerprint density at radius 1 is 1.00 bits per heavy atom. The van der Waals surface area contributed by atoms with Crippen LogP contribution in [0.5, 0.6) is 0 Å². The second-order valence-corrected chi connectivity index (χ2v) is 8.12. The molecule has 0 unspecified atom stereocenters. The zero-order chi connectivity index (χ0) is 19.3. The predicted molar refractivity (Wildman–Crippen MR) is 99.0 cm³/mol. The molecule has 3 rings (SSSR count). The van der Waals surface area contributed by atoms with Crippen molar-refractivity contribution < 1.29 is 17.2 Å². The SMILES string of the molecule is O=S(=O)(Cc1cc(F)cc(F)c1)NCCNc1cc(N2CCCC2)ncn1. The van der Waals surface area contributed by atoms with Gasteiger partial charge in [0.15, 0.2) is 0 Å². The Bertz CT molecular complexity index is 868. The summed E-state index contributed by atoms with van der Waals surface area (Å²) in [5.41, 5.74) is 0.0546. The zero-order valence-corrected chi connectivity index (χ0v) is 15.5. The van der Waals surface area contributed by atoms with E-state index in [2.05, 4.69) is 24.9 Å². The van der Waals surface area contributed by atoms with Gasteiger partial charge < -0.3 is 10.2 Å². The van der Waals surface area contributed by atoms with E-state index in [4.69, 9.17) is 0 Å². The van der Waals surface area contributed by atoms with Crippen LogP contribution in [-0.4, -0.2) is 44.6 Å². The first-order valence-electron chi connectivity index (χ1n) is 8.64. The zero-order valence-electron chi connectivity index (χ0n) is 14.7. The van der Waals surface area contributed by atoms with Gasteiger partial charge >= 0.3 is 0 Å². The number of rotatable bonds is 8. The molecule has 10 heteroatoms. The molecule has 1 aromatic heterocycles. The molecule has 7 nitrogen and oxygen atoms in total. The monoisotopic (exact) mass is 397 g/mol. The number of nitrogens with zero attached hydrogens (tertiary/aromatic N) is 3. The molecule has 27 heavy (non-hydrogen) atoms. The average Bonchev–Trinajstić information content (AvgIpc) is 3.12. The lowest BCUT2D eigenvalue weighted by molar-refractivity contribution is 0.575. The normalized spacial score (nSPS) is 14.5. The molecule has 0 amide bonds. The minimum atomic E-state index is -3.71. The largest absolute Gasteiger partial charge is 0.369 e. The number of benzene rings is 1. The molecule has 1 aliphatic rings. The molecule has 0 atom stereocenters. The van der Waals surface area contributed by atoms with Crippen LogP contribution in [0.2, 0.25) is 0 Å². The maximum Gasteiger partial charge on any atom is 0.215 e. The van der Waals surface area contributed by atoms with Crippen molar-refractivity contribution in [3.63, 3.8) is 0 Å². The molecule has 2 heterocycles. The van der Waals surface area contributed by atoms with E-state index in [-0.39, 0.29) is 12.1 Å². The Kier molecular flexibility index (Phi) is 6.17. The highest BCUT2D eigenvalue weighted by atomic mass is 32.2. The Morgan fingerprint density at radius 3 is 2.41 bits per heavy atom. The van der Waals surface area contributed by atoms with Gasteiger partial charge in [0.25, 0.3) is 0 Å². The summed E-state index contributed by atoms with van der Waals surface area (Å²) in [6.07, 6.45) is 3.76. The van der Waals surface area contributed by atoms with Crippen LogP contribution in [0.15, 0.2) is 30.6 Å². The van der Waals surface area contributed by atoms with E-state index in [0.717, 1.165) is 43.9 Å². The molecule has 1 aromatic carbocycles. The van der Waals surface area contributed by atoms with Crippen LogP contribution in [0.3, 0.4) is 0 Å². The molecule has 0 spiro atoms. The second-order valence-electron chi connectivity index (χ2n) is 6.31. The highest BCUT2D eigenvalue weighted by Crippen LogP contribution is 2.19. The molecule has 0 aliphatic carbocycles. The van der Waals surface area contributed by atoms with E-state index >= 15 is 0 Å². The second kappa shape index (κ2) is 8.57. The molecule has 1 fully saturated rings.